The zero-order chi connectivity index (χ0) is 11.9. The summed E-state index contributed by atoms with van der Waals surface area (Å²) < 4.78 is 40.1. The fraction of sp³-hybridized carbons (Fsp3) is 0.625. The smallest absolute Gasteiger partial charge is 0.242 e. The maximum absolute atomic E-state index is 12.8. The highest BCUT2D eigenvalue weighted by Crippen LogP contribution is 2.30. The van der Waals surface area contributed by atoms with E-state index in [1.807, 2.05) is 22.6 Å². The van der Waals surface area contributed by atoms with Gasteiger partial charge in [-0.2, -0.15) is 13.2 Å². The SMILES string of the molecule is O=C1CC(C(F)(F)F)=[N+]2C(=N1)SCC2CI. The number of hydrogen-bond donors (Lipinski definition) is 0. The van der Waals surface area contributed by atoms with Gasteiger partial charge in [0.05, 0.1) is 0 Å². The Morgan fingerprint density at radius 1 is 1.56 bits per heavy atom. The molecule has 2 rings (SSSR count). The molecule has 0 aliphatic carbocycles. The number of hydrogen-bond acceptors (Lipinski definition) is 2. The number of rotatable bonds is 1. The first kappa shape index (κ1) is 12.3. The average Bonchev–Trinajstić information content (AvgIpc) is 2.57. The Morgan fingerprint density at radius 2 is 2.25 bits per heavy atom. The topological polar surface area (TPSA) is 32.4 Å². The molecule has 0 aromatic carbocycles. The second kappa shape index (κ2) is 4.28. The summed E-state index contributed by atoms with van der Waals surface area (Å²) in [6, 6.07) is -0.214. The Labute approximate surface area is 107 Å². The van der Waals surface area contributed by atoms with Gasteiger partial charge in [-0.05, 0) is 11.8 Å². The lowest BCUT2D eigenvalue weighted by molar-refractivity contribution is -0.442. The molecule has 0 aromatic rings. The van der Waals surface area contributed by atoms with Crippen LogP contribution in [0.5, 0.6) is 0 Å². The third-order valence-electron chi connectivity index (χ3n) is 2.31. The minimum absolute atomic E-state index is 0.199. The highest BCUT2D eigenvalue weighted by molar-refractivity contribution is 14.1. The molecule has 1 saturated heterocycles. The quantitative estimate of drug-likeness (QED) is 0.405. The van der Waals surface area contributed by atoms with Crippen LogP contribution in [0.1, 0.15) is 6.42 Å². The molecule has 0 aromatic heterocycles. The molecule has 88 valence electrons. The molecule has 0 saturated carbocycles. The highest BCUT2D eigenvalue weighted by atomic mass is 127. The number of carbonyl (C=O) groups is 1. The molecule has 2 aliphatic heterocycles. The molecule has 1 unspecified atom stereocenters. The first-order valence-corrected chi connectivity index (χ1v) is 6.97. The molecule has 0 spiro atoms. The largest absolute Gasteiger partial charge is 0.449 e. The molecule has 1 atom stereocenters. The van der Waals surface area contributed by atoms with Crippen LogP contribution in [0.3, 0.4) is 0 Å². The molecular formula is C8H7F3IN2OS+. The zero-order valence-electron chi connectivity index (χ0n) is 7.92. The van der Waals surface area contributed by atoms with Crippen molar-refractivity contribution in [1.82, 2.24) is 0 Å². The molecule has 16 heavy (non-hydrogen) atoms. The monoisotopic (exact) mass is 363 g/mol. The second-order valence-electron chi connectivity index (χ2n) is 3.40. The Balaban J connectivity index is 2.51. The van der Waals surface area contributed by atoms with Gasteiger partial charge in [-0.25, -0.2) is 9.37 Å². The van der Waals surface area contributed by atoms with Crippen molar-refractivity contribution in [3.8, 4) is 0 Å². The molecule has 0 bridgehead atoms. The Morgan fingerprint density at radius 3 is 2.81 bits per heavy atom. The molecule has 0 N–H and O–H groups in total. The maximum atomic E-state index is 12.8. The van der Waals surface area contributed by atoms with E-state index in [1.54, 1.807) is 0 Å². The van der Waals surface area contributed by atoms with E-state index in [9.17, 15) is 18.0 Å². The second-order valence-corrected chi connectivity index (χ2v) is 5.27. The lowest BCUT2D eigenvalue weighted by Crippen LogP contribution is -2.43. The van der Waals surface area contributed by atoms with Gasteiger partial charge in [-0.1, -0.05) is 22.6 Å². The van der Waals surface area contributed by atoms with Crippen LogP contribution < -0.4 is 0 Å². The normalized spacial score (nSPS) is 25.9. The van der Waals surface area contributed by atoms with Gasteiger partial charge in [-0.3, -0.25) is 0 Å². The van der Waals surface area contributed by atoms with Gasteiger partial charge in [0.15, 0.2) is 5.71 Å². The number of thioether (sulfide) groups is 1. The van der Waals surface area contributed by atoms with Crippen molar-refractivity contribution in [2.45, 2.75) is 18.6 Å². The van der Waals surface area contributed by atoms with Gasteiger partial charge < -0.3 is 0 Å². The van der Waals surface area contributed by atoms with Crippen LogP contribution >= 0.6 is 34.4 Å². The molecule has 1 amide bonds. The summed E-state index contributed by atoms with van der Waals surface area (Å²) in [4.78, 5) is 14.8. The van der Waals surface area contributed by atoms with Crippen LogP contribution in [0.15, 0.2) is 4.99 Å². The van der Waals surface area contributed by atoms with Crippen LogP contribution in [0.2, 0.25) is 0 Å². The van der Waals surface area contributed by atoms with Crippen molar-refractivity contribution in [2.75, 3.05) is 10.2 Å². The van der Waals surface area contributed by atoms with E-state index in [1.165, 1.54) is 16.3 Å². The number of carbonyl (C=O) groups excluding carboxylic acids is 1. The summed E-state index contributed by atoms with van der Waals surface area (Å²) in [5.74, 6) is -0.158. The summed E-state index contributed by atoms with van der Waals surface area (Å²) in [6.45, 7) is 0. The fourth-order valence-corrected chi connectivity index (χ4v) is 3.92. The summed E-state index contributed by atoms with van der Waals surface area (Å²) in [6.07, 6.45) is -5.09. The predicted octanol–water partition coefficient (Wildman–Crippen LogP) is 1.84. The molecule has 1 fully saturated rings. The van der Waals surface area contributed by atoms with Crippen molar-refractivity contribution < 1.29 is 22.5 Å². The van der Waals surface area contributed by atoms with Crippen molar-refractivity contribution in [2.24, 2.45) is 4.99 Å². The van der Waals surface area contributed by atoms with Crippen molar-refractivity contribution >= 4 is 51.1 Å². The van der Waals surface area contributed by atoms with E-state index >= 15 is 0 Å². The Kier molecular flexibility index (Phi) is 3.30. The first-order chi connectivity index (χ1) is 7.43. The summed E-state index contributed by atoms with van der Waals surface area (Å²) in [5.41, 5.74) is -0.769. The molecule has 8 heteroatoms. The van der Waals surface area contributed by atoms with Crippen molar-refractivity contribution in [3.05, 3.63) is 0 Å². The van der Waals surface area contributed by atoms with E-state index < -0.39 is 24.2 Å². The maximum Gasteiger partial charge on any atom is 0.449 e. The van der Waals surface area contributed by atoms with Crippen molar-refractivity contribution in [3.63, 3.8) is 0 Å². The van der Waals surface area contributed by atoms with Crippen LogP contribution in [-0.4, -0.2) is 43.8 Å². The molecular weight excluding hydrogens is 356 g/mol. The number of amides is 1. The fourth-order valence-electron chi connectivity index (χ4n) is 1.62. The minimum atomic E-state index is -4.45. The van der Waals surface area contributed by atoms with E-state index in [0.29, 0.717) is 10.2 Å². The van der Waals surface area contributed by atoms with Gasteiger partial charge >= 0.3 is 17.3 Å². The summed E-state index contributed by atoms with van der Waals surface area (Å²) >= 11 is 3.26. The van der Waals surface area contributed by atoms with E-state index in [2.05, 4.69) is 4.99 Å². The van der Waals surface area contributed by atoms with Gasteiger partial charge in [0.2, 0.25) is 0 Å². The first-order valence-electron chi connectivity index (χ1n) is 4.46. The minimum Gasteiger partial charge on any atom is -0.242 e. The Hall–Kier alpha value is -0.120. The summed E-state index contributed by atoms with van der Waals surface area (Å²) in [7, 11) is 0. The highest BCUT2D eigenvalue weighted by Gasteiger charge is 2.50. The Bertz CT molecular complexity index is 405. The van der Waals surface area contributed by atoms with Gasteiger partial charge in [0.1, 0.15) is 12.5 Å². The molecule has 2 aliphatic rings. The van der Waals surface area contributed by atoms with Crippen LogP contribution in [0.4, 0.5) is 13.2 Å². The van der Waals surface area contributed by atoms with Crippen molar-refractivity contribution in [1.29, 1.82) is 0 Å². The van der Waals surface area contributed by atoms with Crippen LogP contribution in [0.25, 0.3) is 0 Å². The number of fused-ring (bicyclic) bond motifs is 1. The standard InChI is InChI=1S/C8H7F3IN2OS/c9-8(10,11)5-1-6(15)13-7-14(5)4(2-12)3-16-7/h4H,1-3H2/q+1. The number of halogens is 4. The van der Waals surface area contributed by atoms with E-state index in [-0.39, 0.29) is 11.2 Å². The third kappa shape index (κ3) is 2.13. The lowest BCUT2D eigenvalue weighted by atomic mass is 10.2. The molecule has 2 heterocycles. The van der Waals surface area contributed by atoms with Crippen LogP contribution in [-0.2, 0) is 4.79 Å². The van der Waals surface area contributed by atoms with Gasteiger partial charge in [0.25, 0.3) is 0 Å². The molecule has 3 nitrogen and oxygen atoms in total. The van der Waals surface area contributed by atoms with Gasteiger partial charge in [-0.15, -0.1) is 0 Å². The van der Waals surface area contributed by atoms with E-state index in [4.69, 9.17) is 0 Å². The number of aliphatic imine (C=N–C) groups is 1. The van der Waals surface area contributed by atoms with Gasteiger partial charge in [0, 0.05) is 15.2 Å². The number of amidine groups is 1. The molecule has 0 radical (unpaired) electrons. The average molecular weight is 363 g/mol. The third-order valence-corrected chi connectivity index (χ3v) is 4.43. The lowest BCUT2D eigenvalue weighted by Gasteiger charge is -2.15. The number of alkyl halides is 4. The van der Waals surface area contributed by atoms with Crippen LogP contribution in [0, 0.1) is 0 Å². The summed E-state index contributed by atoms with van der Waals surface area (Å²) in [5, 5.41) is 0.199. The van der Waals surface area contributed by atoms with E-state index in [0.717, 1.165) is 0 Å². The zero-order valence-corrected chi connectivity index (χ0v) is 10.9. The predicted molar refractivity (Wildman–Crippen MR) is 63.5 cm³/mol. The number of nitrogens with zero attached hydrogens (tertiary/aromatic N) is 2.